The van der Waals surface area contributed by atoms with Crippen LogP contribution in [0.4, 0.5) is 11.4 Å². The molecule has 0 unspecified atom stereocenters. The topological polar surface area (TPSA) is 58.2 Å². The molecule has 0 spiro atoms. The van der Waals surface area contributed by atoms with Crippen molar-refractivity contribution < 1.29 is 9.59 Å². The Bertz CT molecular complexity index is 938. The summed E-state index contributed by atoms with van der Waals surface area (Å²) in [5.41, 5.74) is 2.93. The molecular formula is C21H17ClN2O2. The predicted molar refractivity (Wildman–Crippen MR) is 105 cm³/mol. The van der Waals surface area contributed by atoms with E-state index in [-0.39, 0.29) is 11.8 Å². The molecule has 3 aromatic carbocycles. The number of para-hydroxylation sites is 1. The van der Waals surface area contributed by atoms with Gasteiger partial charge in [0.05, 0.1) is 11.3 Å². The highest BCUT2D eigenvalue weighted by Crippen LogP contribution is 2.23. The van der Waals surface area contributed by atoms with Gasteiger partial charge in [-0.05, 0) is 49.4 Å². The highest BCUT2D eigenvalue weighted by molar-refractivity contribution is 6.31. The van der Waals surface area contributed by atoms with Gasteiger partial charge in [-0.3, -0.25) is 9.59 Å². The summed E-state index contributed by atoms with van der Waals surface area (Å²) >= 11 is 6.04. The normalized spacial score (nSPS) is 10.2. The maximum Gasteiger partial charge on any atom is 0.257 e. The van der Waals surface area contributed by atoms with Crippen LogP contribution in [0.1, 0.15) is 26.3 Å². The molecule has 3 rings (SSSR count). The molecule has 2 N–H and O–H groups in total. The first-order valence-corrected chi connectivity index (χ1v) is 8.45. The molecule has 0 aliphatic rings. The van der Waals surface area contributed by atoms with E-state index in [0.29, 0.717) is 27.5 Å². The molecule has 0 aliphatic heterocycles. The third kappa shape index (κ3) is 4.29. The first kappa shape index (κ1) is 17.7. The van der Waals surface area contributed by atoms with Gasteiger partial charge in [0.1, 0.15) is 0 Å². The zero-order valence-corrected chi connectivity index (χ0v) is 14.9. The van der Waals surface area contributed by atoms with Crippen molar-refractivity contribution in [3.8, 4) is 0 Å². The number of carbonyl (C=O) groups is 2. The molecule has 0 bridgehead atoms. The molecule has 0 heterocycles. The number of amides is 2. The van der Waals surface area contributed by atoms with E-state index in [1.165, 1.54) is 6.07 Å². The second-order valence-electron chi connectivity index (χ2n) is 5.83. The van der Waals surface area contributed by atoms with Crippen LogP contribution < -0.4 is 10.6 Å². The van der Waals surface area contributed by atoms with Crippen LogP contribution in [0.15, 0.2) is 72.8 Å². The van der Waals surface area contributed by atoms with Gasteiger partial charge < -0.3 is 10.6 Å². The van der Waals surface area contributed by atoms with Crippen LogP contribution in [0.3, 0.4) is 0 Å². The van der Waals surface area contributed by atoms with Crippen molar-refractivity contribution in [1.82, 2.24) is 0 Å². The number of anilines is 2. The molecule has 130 valence electrons. The number of carbonyl (C=O) groups excluding carboxylic acids is 2. The number of hydrogen-bond acceptors (Lipinski definition) is 2. The zero-order chi connectivity index (χ0) is 18.5. The molecule has 0 fully saturated rings. The predicted octanol–water partition coefficient (Wildman–Crippen LogP) is 5.15. The Hall–Kier alpha value is -3.11. The summed E-state index contributed by atoms with van der Waals surface area (Å²) < 4.78 is 0. The molecule has 0 aliphatic carbocycles. The second kappa shape index (κ2) is 7.85. The Morgan fingerprint density at radius 2 is 1.50 bits per heavy atom. The number of halogens is 1. The van der Waals surface area contributed by atoms with Gasteiger partial charge in [-0.2, -0.15) is 0 Å². The summed E-state index contributed by atoms with van der Waals surface area (Å²) in [7, 11) is 0. The minimum atomic E-state index is -0.349. The molecule has 0 saturated heterocycles. The Morgan fingerprint density at radius 3 is 2.19 bits per heavy atom. The van der Waals surface area contributed by atoms with Gasteiger partial charge in [0.25, 0.3) is 11.8 Å². The molecule has 0 radical (unpaired) electrons. The average molecular weight is 365 g/mol. The minimum Gasteiger partial charge on any atom is -0.322 e. The molecule has 4 nitrogen and oxygen atoms in total. The maximum atomic E-state index is 12.6. The van der Waals surface area contributed by atoms with Gasteiger partial charge in [0.2, 0.25) is 0 Å². The van der Waals surface area contributed by atoms with Gasteiger partial charge in [-0.15, -0.1) is 0 Å². The van der Waals surface area contributed by atoms with Gasteiger partial charge in [0.15, 0.2) is 0 Å². The third-order valence-electron chi connectivity index (χ3n) is 3.82. The third-order valence-corrected chi connectivity index (χ3v) is 4.05. The summed E-state index contributed by atoms with van der Waals surface area (Å²) in [5.74, 6) is -0.640. The van der Waals surface area contributed by atoms with Crippen LogP contribution in [0.5, 0.6) is 0 Å². The highest BCUT2D eigenvalue weighted by Gasteiger charge is 2.15. The molecule has 2 amide bonds. The number of aryl methyl sites for hydroxylation is 1. The fourth-order valence-corrected chi connectivity index (χ4v) is 2.60. The molecule has 5 heteroatoms. The van der Waals surface area contributed by atoms with Crippen molar-refractivity contribution in [2.24, 2.45) is 0 Å². The lowest BCUT2D eigenvalue weighted by molar-refractivity contribution is 0.102. The van der Waals surface area contributed by atoms with Crippen molar-refractivity contribution >= 4 is 34.8 Å². The van der Waals surface area contributed by atoms with E-state index in [9.17, 15) is 9.59 Å². The minimum absolute atomic E-state index is 0.291. The first-order chi connectivity index (χ1) is 12.5. The monoisotopic (exact) mass is 364 g/mol. The van der Waals surface area contributed by atoms with E-state index in [4.69, 9.17) is 11.6 Å². The lowest BCUT2D eigenvalue weighted by atomic mass is 10.1. The average Bonchev–Trinajstić information content (AvgIpc) is 2.64. The molecular weight excluding hydrogens is 348 g/mol. The van der Waals surface area contributed by atoms with E-state index in [1.54, 1.807) is 36.4 Å². The van der Waals surface area contributed by atoms with Crippen molar-refractivity contribution in [3.63, 3.8) is 0 Å². The highest BCUT2D eigenvalue weighted by atomic mass is 35.5. The van der Waals surface area contributed by atoms with Crippen molar-refractivity contribution in [2.45, 2.75) is 6.92 Å². The smallest absolute Gasteiger partial charge is 0.257 e. The van der Waals surface area contributed by atoms with Crippen LogP contribution in [0.25, 0.3) is 0 Å². The second-order valence-corrected chi connectivity index (χ2v) is 6.27. The Balaban J connectivity index is 1.84. The molecule has 26 heavy (non-hydrogen) atoms. The van der Waals surface area contributed by atoms with Crippen molar-refractivity contribution in [1.29, 1.82) is 0 Å². The SMILES string of the molecule is Cc1ccc(C(=O)Nc2ccc(Cl)cc2C(=O)Nc2ccccc2)cc1. The number of hydrogen-bond donors (Lipinski definition) is 2. The van der Waals surface area contributed by atoms with Crippen LogP contribution in [0, 0.1) is 6.92 Å². The fraction of sp³-hybridized carbons (Fsp3) is 0.0476. The lowest BCUT2D eigenvalue weighted by Gasteiger charge is -2.12. The fourth-order valence-electron chi connectivity index (χ4n) is 2.43. The Labute approximate surface area is 156 Å². The number of rotatable bonds is 4. The van der Waals surface area contributed by atoms with E-state index in [1.807, 2.05) is 37.3 Å². The molecule has 0 aromatic heterocycles. The summed E-state index contributed by atoms with van der Waals surface area (Å²) in [6, 6.07) is 21.1. The van der Waals surface area contributed by atoms with Crippen LogP contribution in [0.2, 0.25) is 5.02 Å². The Kier molecular flexibility index (Phi) is 5.34. The lowest BCUT2D eigenvalue weighted by Crippen LogP contribution is -2.18. The largest absolute Gasteiger partial charge is 0.322 e. The van der Waals surface area contributed by atoms with Crippen LogP contribution in [-0.2, 0) is 0 Å². The van der Waals surface area contributed by atoms with Crippen LogP contribution >= 0.6 is 11.6 Å². The van der Waals surface area contributed by atoms with Crippen molar-refractivity contribution in [3.05, 3.63) is 94.5 Å². The summed E-state index contributed by atoms with van der Waals surface area (Å²) in [6.07, 6.45) is 0. The summed E-state index contributed by atoms with van der Waals surface area (Å²) in [4.78, 5) is 25.1. The van der Waals surface area contributed by atoms with Gasteiger partial charge in [-0.1, -0.05) is 47.5 Å². The zero-order valence-electron chi connectivity index (χ0n) is 14.1. The first-order valence-electron chi connectivity index (χ1n) is 8.07. The van der Waals surface area contributed by atoms with Crippen molar-refractivity contribution in [2.75, 3.05) is 10.6 Å². The van der Waals surface area contributed by atoms with E-state index in [2.05, 4.69) is 10.6 Å². The quantitative estimate of drug-likeness (QED) is 0.672. The maximum absolute atomic E-state index is 12.6. The standard InChI is InChI=1S/C21H17ClN2O2/c1-14-7-9-15(10-8-14)20(25)24-19-12-11-16(22)13-18(19)21(26)23-17-5-3-2-4-6-17/h2-13H,1H3,(H,23,26)(H,24,25). The molecule has 0 atom stereocenters. The molecule has 3 aromatic rings. The van der Waals surface area contributed by atoms with E-state index < -0.39 is 0 Å². The summed E-state index contributed by atoms with van der Waals surface area (Å²) in [5, 5.41) is 5.99. The number of benzene rings is 3. The molecule has 0 saturated carbocycles. The summed E-state index contributed by atoms with van der Waals surface area (Å²) in [6.45, 7) is 1.95. The number of nitrogens with one attached hydrogen (secondary N) is 2. The van der Waals surface area contributed by atoms with Gasteiger partial charge in [-0.25, -0.2) is 0 Å². The van der Waals surface area contributed by atoms with Crippen LogP contribution in [-0.4, -0.2) is 11.8 Å². The van der Waals surface area contributed by atoms with E-state index >= 15 is 0 Å². The Morgan fingerprint density at radius 1 is 0.808 bits per heavy atom. The van der Waals surface area contributed by atoms with Gasteiger partial charge in [0, 0.05) is 16.3 Å². The van der Waals surface area contributed by atoms with Gasteiger partial charge >= 0.3 is 0 Å². The van der Waals surface area contributed by atoms with E-state index in [0.717, 1.165) is 5.56 Å².